The fourth-order valence-electron chi connectivity index (χ4n) is 1.80. The maximum atomic E-state index is 9.83. The summed E-state index contributed by atoms with van der Waals surface area (Å²) in [5.41, 5.74) is 5.63. The van der Waals surface area contributed by atoms with Crippen molar-refractivity contribution >= 4 is 23.1 Å². The van der Waals surface area contributed by atoms with Gasteiger partial charge in [-0.1, -0.05) is 11.6 Å². The van der Waals surface area contributed by atoms with Crippen LogP contribution in [0.25, 0.3) is 0 Å². The quantitative estimate of drug-likeness (QED) is 0.710. The molecule has 82 valence electrons. The van der Waals surface area contributed by atoms with Crippen LogP contribution in [0.2, 0.25) is 5.15 Å². The number of halogens is 1. The molecule has 0 radical (unpaired) electrons. The zero-order valence-corrected chi connectivity index (χ0v) is 9.33. The van der Waals surface area contributed by atoms with Crippen LogP contribution in [0.15, 0.2) is 12.1 Å². The smallest absolute Gasteiger partial charge is 0.133 e. The van der Waals surface area contributed by atoms with E-state index in [0.717, 1.165) is 18.8 Å². The Labute approximate surface area is 93.7 Å². The van der Waals surface area contributed by atoms with Gasteiger partial charge in [0.05, 0.1) is 5.60 Å². The van der Waals surface area contributed by atoms with Crippen LogP contribution in [0, 0.1) is 0 Å². The predicted octanol–water partition coefficient (Wildman–Crippen LogP) is 1.28. The lowest BCUT2D eigenvalue weighted by atomic mass is 10.1. The lowest BCUT2D eigenvalue weighted by molar-refractivity contribution is 0.0839. The Morgan fingerprint density at radius 3 is 2.87 bits per heavy atom. The molecule has 1 aromatic rings. The van der Waals surface area contributed by atoms with E-state index in [-0.39, 0.29) is 0 Å². The highest BCUT2D eigenvalue weighted by Gasteiger charge is 2.32. The molecule has 3 N–H and O–H groups in total. The van der Waals surface area contributed by atoms with Crippen molar-refractivity contribution in [2.45, 2.75) is 18.9 Å². The average molecular weight is 228 g/mol. The number of rotatable bonds is 1. The number of hydrogen-bond donors (Lipinski definition) is 2. The Hall–Kier alpha value is -1.00. The second-order valence-corrected chi connectivity index (χ2v) is 4.64. The Bertz CT molecular complexity index is 361. The van der Waals surface area contributed by atoms with Gasteiger partial charge in [0.15, 0.2) is 0 Å². The fourth-order valence-corrected chi connectivity index (χ4v) is 2.02. The van der Waals surface area contributed by atoms with Crippen molar-refractivity contribution in [1.82, 2.24) is 4.98 Å². The highest BCUT2D eigenvalue weighted by molar-refractivity contribution is 6.29. The number of nitrogen functional groups attached to an aromatic ring is 1. The van der Waals surface area contributed by atoms with Crippen LogP contribution in [-0.4, -0.2) is 28.8 Å². The third-order valence-corrected chi connectivity index (χ3v) is 2.77. The van der Waals surface area contributed by atoms with Crippen molar-refractivity contribution in [3.63, 3.8) is 0 Å². The monoisotopic (exact) mass is 227 g/mol. The maximum Gasteiger partial charge on any atom is 0.133 e. The van der Waals surface area contributed by atoms with E-state index < -0.39 is 5.60 Å². The maximum absolute atomic E-state index is 9.83. The molecule has 15 heavy (non-hydrogen) atoms. The first-order valence-corrected chi connectivity index (χ1v) is 5.24. The molecule has 1 saturated heterocycles. The topological polar surface area (TPSA) is 62.4 Å². The molecule has 1 aromatic heterocycles. The van der Waals surface area contributed by atoms with Crippen LogP contribution < -0.4 is 10.6 Å². The van der Waals surface area contributed by atoms with Crippen LogP contribution in [0.3, 0.4) is 0 Å². The highest BCUT2D eigenvalue weighted by Crippen LogP contribution is 2.27. The second kappa shape index (κ2) is 3.54. The first-order chi connectivity index (χ1) is 6.96. The molecule has 0 saturated carbocycles. The van der Waals surface area contributed by atoms with E-state index in [2.05, 4.69) is 4.98 Å². The van der Waals surface area contributed by atoms with E-state index >= 15 is 0 Å². The molecule has 1 fully saturated rings. The number of anilines is 2. The van der Waals surface area contributed by atoms with E-state index in [9.17, 15) is 5.11 Å². The Kier molecular flexibility index (Phi) is 2.48. The van der Waals surface area contributed by atoms with Crippen LogP contribution in [-0.2, 0) is 0 Å². The number of nitrogens with zero attached hydrogens (tertiary/aromatic N) is 2. The number of nitrogens with two attached hydrogens (primary N) is 1. The van der Waals surface area contributed by atoms with Gasteiger partial charge in [0.25, 0.3) is 0 Å². The lowest BCUT2D eigenvalue weighted by Gasteiger charge is -2.20. The second-order valence-electron chi connectivity index (χ2n) is 4.25. The van der Waals surface area contributed by atoms with Crippen molar-refractivity contribution in [1.29, 1.82) is 0 Å². The third kappa shape index (κ3) is 2.33. The average Bonchev–Trinajstić information content (AvgIpc) is 2.44. The summed E-state index contributed by atoms with van der Waals surface area (Å²) < 4.78 is 0. The van der Waals surface area contributed by atoms with E-state index in [1.807, 2.05) is 11.8 Å². The molecule has 4 nitrogen and oxygen atoms in total. The molecule has 1 unspecified atom stereocenters. The SMILES string of the molecule is CC1(O)CCN(c2cc(N)cc(Cl)n2)C1. The number of hydrogen-bond acceptors (Lipinski definition) is 4. The van der Waals surface area contributed by atoms with Gasteiger partial charge in [-0.15, -0.1) is 0 Å². The van der Waals surface area contributed by atoms with E-state index in [1.54, 1.807) is 12.1 Å². The molecule has 0 aliphatic carbocycles. The molecule has 0 spiro atoms. The molecule has 5 heteroatoms. The zero-order valence-electron chi connectivity index (χ0n) is 8.57. The molecule has 1 atom stereocenters. The summed E-state index contributed by atoms with van der Waals surface area (Å²) in [5.74, 6) is 0.734. The Morgan fingerprint density at radius 1 is 1.60 bits per heavy atom. The summed E-state index contributed by atoms with van der Waals surface area (Å²) in [6, 6.07) is 3.38. The standard InChI is InChI=1S/C10H14ClN3O/c1-10(15)2-3-14(6-10)9-5-7(12)4-8(11)13-9/h4-5,15H,2-3,6H2,1H3,(H2,12,13). The molecule has 1 aliphatic heterocycles. The van der Waals surface area contributed by atoms with Gasteiger partial charge in [-0.2, -0.15) is 0 Å². The van der Waals surface area contributed by atoms with Crippen LogP contribution in [0.4, 0.5) is 11.5 Å². The first kappa shape index (κ1) is 10.5. The minimum absolute atomic E-state index is 0.386. The summed E-state index contributed by atoms with van der Waals surface area (Å²) in [5, 5.41) is 10.2. The van der Waals surface area contributed by atoms with Crippen molar-refractivity contribution in [2.75, 3.05) is 23.7 Å². The third-order valence-electron chi connectivity index (χ3n) is 2.58. The lowest BCUT2D eigenvalue weighted by Crippen LogP contribution is -2.30. The summed E-state index contributed by atoms with van der Waals surface area (Å²) in [7, 11) is 0. The van der Waals surface area contributed by atoms with E-state index in [1.165, 1.54) is 0 Å². The molecular formula is C10H14ClN3O. The van der Waals surface area contributed by atoms with Gasteiger partial charge < -0.3 is 15.7 Å². The van der Waals surface area contributed by atoms with Crippen LogP contribution >= 0.6 is 11.6 Å². The largest absolute Gasteiger partial charge is 0.399 e. The van der Waals surface area contributed by atoms with Crippen molar-refractivity contribution in [2.24, 2.45) is 0 Å². The van der Waals surface area contributed by atoms with Gasteiger partial charge in [-0.25, -0.2) is 4.98 Å². The Balaban J connectivity index is 2.24. The first-order valence-electron chi connectivity index (χ1n) is 4.87. The van der Waals surface area contributed by atoms with Crippen molar-refractivity contribution in [3.05, 3.63) is 17.3 Å². The summed E-state index contributed by atoms with van der Waals surface area (Å²) >= 11 is 5.82. The van der Waals surface area contributed by atoms with Gasteiger partial charge in [0.1, 0.15) is 11.0 Å². The molecular weight excluding hydrogens is 214 g/mol. The molecule has 0 bridgehead atoms. The minimum atomic E-state index is -0.640. The van der Waals surface area contributed by atoms with E-state index in [0.29, 0.717) is 17.4 Å². The van der Waals surface area contributed by atoms with Gasteiger partial charge in [0, 0.05) is 24.8 Å². The molecule has 2 heterocycles. The van der Waals surface area contributed by atoms with Crippen molar-refractivity contribution in [3.8, 4) is 0 Å². The number of aromatic nitrogens is 1. The molecule has 0 aromatic carbocycles. The van der Waals surface area contributed by atoms with E-state index in [4.69, 9.17) is 17.3 Å². The van der Waals surface area contributed by atoms with Gasteiger partial charge >= 0.3 is 0 Å². The molecule has 2 rings (SSSR count). The summed E-state index contributed by atoms with van der Waals surface area (Å²) in [6.45, 7) is 3.17. The predicted molar refractivity (Wildman–Crippen MR) is 61.1 cm³/mol. The molecule has 1 aliphatic rings. The Morgan fingerprint density at radius 2 is 2.33 bits per heavy atom. The molecule has 0 amide bonds. The summed E-state index contributed by atoms with van der Waals surface area (Å²) in [6.07, 6.45) is 0.737. The zero-order chi connectivity index (χ0) is 11.1. The van der Waals surface area contributed by atoms with Crippen LogP contribution in [0.1, 0.15) is 13.3 Å². The van der Waals surface area contributed by atoms with Gasteiger partial charge in [-0.3, -0.25) is 0 Å². The fraction of sp³-hybridized carbons (Fsp3) is 0.500. The van der Waals surface area contributed by atoms with Gasteiger partial charge in [-0.05, 0) is 19.4 Å². The number of β-amino-alcohol motifs (C(OH)–C–C–N with tert-alkyl or cyclic N) is 1. The van der Waals surface area contributed by atoms with Crippen LogP contribution in [0.5, 0.6) is 0 Å². The number of aliphatic hydroxyl groups is 1. The number of pyridine rings is 1. The summed E-state index contributed by atoms with van der Waals surface area (Å²) in [4.78, 5) is 6.17. The minimum Gasteiger partial charge on any atom is -0.399 e. The highest BCUT2D eigenvalue weighted by atomic mass is 35.5. The van der Waals surface area contributed by atoms with Gasteiger partial charge in [0.2, 0.25) is 0 Å². The van der Waals surface area contributed by atoms with Crippen molar-refractivity contribution < 1.29 is 5.11 Å². The normalized spacial score (nSPS) is 25.9.